The number of nitrogens with one attached hydrogen (secondary N) is 1. The van der Waals surface area contributed by atoms with E-state index in [1.54, 1.807) is 0 Å². The van der Waals surface area contributed by atoms with Crippen LogP contribution in [0.3, 0.4) is 0 Å². The predicted molar refractivity (Wildman–Crippen MR) is 70.6 cm³/mol. The molecule has 1 saturated carbocycles. The molecule has 2 atom stereocenters. The fraction of sp³-hybridized carbons (Fsp3) is 0.615. The van der Waals surface area contributed by atoms with E-state index in [0.717, 1.165) is 18.8 Å². The SMILES string of the molecule is CC1CCCC(Nc2cc([N+](=O)[O-])ccn2)CC1. The monoisotopic (exact) mass is 249 g/mol. The van der Waals surface area contributed by atoms with Crippen molar-refractivity contribution in [3.8, 4) is 0 Å². The molecule has 2 rings (SSSR count). The third-order valence-electron chi connectivity index (χ3n) is 3.56. The molecule has 0 saturated heterocycles. The number of rotatable bonds is 3. The molecule has 18 heavy (non-hydrogen) atoms. The van der Waals surface area contributed by atoms with Gasteiger partial charge in [-0.15, -0.1) is 0 Å². The molecule has 1 heterocycles. The Balaban J connectivity index is 2.00. The molecule has 0 amide bonds. The van der Waals surface area contributed by atoms with Crippen LogP contribution in [-0.2, 0) is 0 Å². The molecule has 0 spiro atoms. The average molecular weight is 249 g/mol. The second kappa shape index (κ2) is 5.80. The number of anilines is 1. The fourth-order valence-corrected chi connectivity index (χ4v) is 2.45. The Bertz CT molecular complexity index is 422. The van der Waals surface area contributed by atoms with Crippen LogP contribution < -0.4 is 5.32 Å². The van der Waals surface area contributed by atoms with Gasteiger partial charge in [0.05, 0.1) is 11.0 Å². The maximum atomic E-state index is 10.7. The Morgan fingerprint density at radius 2 is 2.22 bits per heavy atom. The van der Waals surface area contributed by atoms with Crippen molar-refractivity contribution in [2.24, 2.45) is 5.92 Å². The number of nitrogens with zero attached hydrogens (tertiary/aromatic N) is 2. The highest BCUT2D eigenvalue weighted by Gasteiger charge is 2.17. The quantitative estimate of drug-likeness (QED) is 0.506. The summed E-state index contributed by atoms with van der Waals surface area (Å²) in [4.78, 5) is 14.5. The van der Waals surface area contributed by atoms with E-state index in [2.05, 4.69) is 17.2 Å². The summed E-state index contributed by atoms with van der Waals surface area (Å²) in [5.41, 5.74) is 0.0921. The smallest absolute Gasteiger partial charge is 0.274 e. The number of aromatic nitrogens is 1. The Kier molecular flexibility index (Phi) is 4.12. The van der Waals surface area contributed by atoms with Gasteiger partial charge in [0.25, 0.3) is 5.69 Å². The van der Waals surface area contributed by atoms with Crippen LogP contribution in [0.5, 0.6) is 0 Å². The zero-order valence-electron chi connectivity index (χ0n) is 10.6. The number of nitro groups is 1. The Morgan fingerprint density at radius 1 is 1.39 bits per heavy atom. The van der Waals surface area contributed by atoms with E-state index in [9.17, 15) is 10.1 Å². The first kappa shape index (κ1) is 12.8. The minimum atomic E-state index is -0.387. The predicted octanol–water partition coefficient (Wildman–Crippen LogP) is 3.37. The van der Waals surface area contributed by atoms with Gasteiger partial charge in [-0.1, -0.05) is 19.8 Å². The van der Waals surface area contributed by atoms with E-state index in [1.165, 1.54) is 37.6 Å². The molecule has 1 aliphatic rings. The molecule has 1 aliphatic carbocycles. The molecule has 0 aliphatic heterocycles. The van der Waals surface area contributed by atoms with Crippen LogP contribution >= 0.6 is 0 Å². The van der Waals surface area contributed by atoms with Crippen molar-refractivity contribution < 1.29 is 4.92 Å². The Hall–Kier alpha value is -1.65. The first-order valence-corrected chi connectivity index (χ1v) is 6.52. The van der Waals surface area contributed by atoms with Crippen molar-refractivity contribution >= 4 is 11.5 Å². The summed E-state index contributed by atoms with van der Waals surface area (Å²) >= 11 is 0. The third-order valence-corrected chi connectivity index (χ3v) is 3.56. The van der Waals surface area contributed by atoms with Gasteiger partial charge in [-0.05, 0) is 25.2 Å². The third kappa shape index (κ3) is 3.42. The van der Waals surface area contributed by atoms with Crippen molar-refractivity contribution in [1.82, 2.24) is 4.98 Å². The van der Waals surface area contributed by atoms with Gasteiger partial charge < -0.3 is 5.32 Å². The topological polar surface area (TPSA) is 68.1 Å². The van der Waals surface area contributed by atoms with Crippen LogP contribution in [0.2, 0.25) is 0 Å². The minimum absolute atomic E-state index is 0.0921. The standard InChI is InChI=1S/C13H19N3O2/c1-10-3-2-4-11(6-5-10)15-13-9-12(16(17)18)7-8-14-13/h7-11H,2-6H2,1H3,(H,14,15). The van der Waals surface area contributed by atoms with Crippen LogP contribution in [0.4, 0.5) is 11.5 Å². The lowest BCUT2D eigenvalue weighted by Crippen LogP contribution is -2.19. The van der Waals surface area contributed by atoms with Crippen LogP contribution in [0.15, 0.2) is 18.3 Å². The highest BCUT2D eigenvalue weighted by molar-refractivity contribution is 5.44. The van der Waals surface area contributed by atoms with Crippen LogP contribution in [0.1, 0.15) is 39.0 Å². The molecule has 0 aromatic carbocycles. The molecular formula is C13H19N3O2. The van der Waals surface area contributed by atoms with Crippen molar-refractivity contribution in [2.45, 2.75) is 45.1 Å². The Morgan fingerprint density at radius 3 is 3.00 bits per heavy atom. The molecule has 1 N–H and O–H groups in total. The normalized spacial score (nSPS) is 24.3. The Labute approximate surface area is 107 Å². The van der Waals surface area contributed by atoms with Crippen LogP contribution in [0.25, 0.3) is 0 Å². The molecule has 5 nitrogen and oxygen atoms in total. The molecule has 1 aromatic rings. The van der Waals surface area contributed by atoms with E-state index in [4.69, 9.17) is 0 Å². The van der Waals surface area contributed by atoms with Crippen LogP contribution in [-0.4, -0.2) is 15.9 Å². The van der Waals surface area contributed by atoms with Crippen molar-refractivity contribution in [2.75, 3.05) is 5.32 Å². The highest BCUT2D eigenvalue weighted by atomic mass is 16.6. The summed E-state index contributed by atoms with van der Waals surface area (Å²) in [6.07, 6.45) is 7.43. The van der Waals surface area contributed by atoms with Crippen LogP contribution in [0, 0.1) is 16.0 Å². The van der Waals surface area contributed by atoms with Gasteiger partial charge in [-0.3, -0.25) is 10.1 Å². The molecule has 0 bridgehead atoms. The van der Waals surface area contributed by atoms with E-state index in [1.807, 2.05) is 0 Å². The van der Waals surface area contributed by atoms with Crippen molar-refractivity contribution in [3.63, 3.8) is 0 Å². The molecule has 1 aromatic heterocycles. The minimum Gasteiger partial charge on any atom is -0.367 e. The first-order chi connectivity index (χ1) is 8.65. The lowest BCUT2D eigenvalue weighted by molar-refractivity contribution is -0.384. The maximum absolute atomic E-state index is 10.7. The summed E-state index contributed by atoms with van der Waals surface area (Å²) in [7, 11) is 0. The zero-order chi connectivity index (χ0) is 13.0. The van der Waals surface area contributed by atoms with E-state index < -0.39 is 0 Å². The van der Waals surface area contributed by atoms with Gasteiger partial charge >= 0.3 is 0 Å². The summed E-state index contributed by atoms with van der Waals surface area (Å²) in [5, 5.41) is 14.0. The lowest BCUT2D eigenvalue weighted by atomic mass is 10.0. The maximum Gasteiger partial charge on any atom is 0.274 e. The molecular weight excluding hydrogens is 230 g/mol. The second-order valence-corrected chi connectivity index (χ2v) is 5.11. The van der Waals surface area contributed by atoms with E-state index in [-0.39, 0.29) is 10.6 Å². The first-order valence-electron chi connectivity index (χ1n) is 6.52. The number of hydrogen-bond donors (Lipinski definition) is 1. The highest BCUT2D eigenvalue weighted by Crippen LogP contribution is 2.25. The summed E-state index contributed by atoms with van der Waals surface area (Å²) in [5.74, 6) is 1.40. The number of hydrogen-bond acceptors (Lipinski definition) is 4. The van der Waals surface area contributed by atoms with E-state index >= 15 is 0 Å². The largest absolute Gasteiger partial charge is 0.367 e. The summed E-state index contributed by atoms with van der Waals surface area (Å²) in [6, 6.07) is 3.32. The molecule has 0 radical (unpaired) electrons. The van der Waals surface area contributed by atoms with Gasteiger partial charge in [-0.25, -0.2) is 4.98 Å². The fourth-order valence-electron chi connectivity index (χ4n) is 2.45. The van der Waals surface area contributed by atoms with Gasteiger partial charge in [0, 0.05) is 18.3 Å². The zero-order valence-corrected chi connectivity index (χ0v) is 10.6. The van der Waals surface area contributed by atoms with Crippen molar-refractivity contribution in [3.05, 3.63) is 28.4 Å². The van der Waals surface area contributed by atoms with Crippen molar-refractivity contribution in [1.29, 1.82) is 0 Å². The van der Waals surface area contributed by atoms with E-state index in [0.29, 0.717) is 11.9 Å². The summed E-state index contributed by atoms with van der Waals surface area (Å²) in [6.45, 7) is 2.29. The van der Waals surface area contributed by atoms with Gasteiger partial charge in [0.1, 0.15) is 5.82 Å². The molecule has 98 valence electrons. The number of pyridine rings is 1. The lowest BCUT2D eigenvalue weighted by Gasteiger charge is -2.16. The van der Waals surface area contributed by atoms with Gasteiger partial charge in [0.15, 0.2) is 0 Å². The van der Waals surface area contributed by atoms with Gasteiger partial charge in [-0.2, -0.15) is 0 Å². The molecule has 5 heteroatoms. The molecule has 2 unspecified atom stereocenters. The average Bonchev–Trinajstić information content (AvgIpc) is 2.55. The summed E-state index contributed by atoms with van der Waals surface area (Å²) < 4.78 is 0. The molecule has 1 fully saturated rings. The van der Waals surface area contributed by atoms with Gasteiger partial charge in [0.2, 0.25) is 0 Å². The second-order valence-electron chi connectivity index (χ2n) is 5.11.